The Hall–Kier alpha value is -0.930. The summed E-state index contributed by atoms with van der Waals surface area (Å²) in [6.07, 6.45) is 5.35. The summed E-state index contributed by atoms with van der Waals surface area (Å²) < 4.78 is 5.01. The predicted molar refractivity (Wildman–Crippen MR) is 57.7 cm³/mol. The Kier molecular flexibility index (Phi) is 3.34. The average Bonchev–Trinajstić information content (AvgIpc) is 2.61. The van der Waals surface area contributed by atoms with E-state index in [2.05, 4.69) is 11.1 Å². The van der Waals surface area contributed by atoms with Gasteiger partial charge in [-0.05, 0) is 36.8 Å². The topological polar surface area (TPSA) is 42.4 Å². The first-order chi connectivity index (χ1) is 7.31. The van der Waals surface area contributed by atoms with Gasteiger partial charge < -0.3 is 9.84 Å². The first kappa shape index (κ1) is 10.6. The van der Waals surface area contributed by atoms with Gasteiger partial charge in [0, 0.05) is 19.9 Å². The molecule has 1 aliphatic rings. The van der Waals surface area contributed by atoms with Crippen LogP contribution < -0.4 is 0 Å². The minimum atomic E-state index is -0.340. The Labute approximate surface area is 90.1 Å². The molecule has 0 bridgehead atoms. The third-order valence-corrected chi connectivity index (χ3v) is 2.87. The molecule has 0 saturated heterocycles. The molecule has 0 fully saturated rings. The van der Waals surface area contributed by atoms with Crippen LogP contribution in [-0.2, 0) is 17.6 Å². The lowest BCUT2D eigenvalue weighted by Crippen LogP contribution is -1.98. The summed E-state index contributed by atoms with van der Waals surface area (Å²) in [5.41, 5.74) is 3.35. The van der Waals surface area contributed by atoms with E-state index in [0.717, 1.165) is 38.0 Å². The molecule has 1 heterocycles. The summed E-state index contributed by atoms with van der Waals surface area (Å²) in [5, 5.41) is 9.60. The number of methoxy groups -OCH3 is 1. The molecule has 1 atom stereocenters. The molecule has 0 amide bonds. The van der Waals surface area contributed by atoms with Crippen LogP contribution in [0.15, 0.2) is 12.3 Å². The van der Waals surface area contributed by atoms with Gasteiger partial charge in [0.05, 0.1) is 11.8 Å². The molecule has 3 heteroatoms. The van der Waals surface area contributed by atoms with Crippen molar-refractivity contribution in [3.05, 3.63) is 29.1 Å². The summed E-state index contributed by atoms with van der Waals surface area (Å²) in [7, 11) is 1.72. The van der Waals surface area contributed by atoms with Gasteiger partial charge in [-0.15, -0.1) is 0 Å². The van der Waals surface area contributed by atoms with Gasteiger partial charge in [0.25, 0.3) is 0 Å². The van der Waals surface area contributed by atoms with Crippen LogP contribution in [0.5, 0.6) is 0 Å². The zero-order valence-corrected chi connectivity index (χ0v) is 9.07. The number of nitrogens with zero attached hydrogens (tertiary/aromatic N) is 1. The third-order valence-electron chi connectivity index (χ3n) is 2.87. The highest BCUT2D eigenvalue weighted by Crippen LogP contribution is 2.29. The molecule has 82 valence electrons. The molecular weight excluding hydrogens is 190 g/mol. The summed E-state index contributed by atoms with van der Waals surface area (Å²) in [6, 6.07) is 2.17. The fourth-order valence-corrected chi connectivity index (χ4v) is 2.06. The monoisotopic (exact) mass is 207 g/mol. The van der Waals surface area contributed by atoms with Gasteiger partial charge in [0.2, 0.25) is 0 Å². The van der Waals surface area contributed by atoms with Crippen LogP contribution in [0.2, 0.25) is 0 Å². The number of hydrogen-bond acceptors (Lipinski definition) is 3. The molecule has 0 saturated carbocycles. The molecule has 1 N–H and O–H groups in total. The number of hydrogen-bond donors (Lipinski definition) is 1. The predicted octanol–water partition coefficient (Wildman–Crippen LogP) is 1.64. The van der Waals surface area contributed by atoms with Crippen LogP contribution in [-0.4, -0.2) is 23.8 Å². The van der Waals surface area contributed by atoms with Crippen molar-refractivity contribution in [3.63, 3.8) is 0 Å². The molecular formula is C12H17NO2. The van der Waals surface area contributed by atoms with Crippen LogP contribution in [0.3, 0.4) is 0 Å². The molecule has 15 heavy (non-hydrogen) atoms. The van der Waals surface area contributed by atoms with Gasteiger partial charge in [-0.1, -0.05) is 6.07 Å². The molecule has 0 radical (unpaired) electrons. The SMILES string of the molecule is COCCCc1cnc2c(c1)CCC2O. The molecule has 3 nitrogen and oxygen atoms in total. The number of aliphatic hydroxyl groups excluding tert-OH is 1. The van der Waals surface area contributed by atoms with Gasteiger partial charge in [0.15, 0.2) is 0 Å². The molecule has 2 rings (SSSR count). The van der Waals surface area contributed by atoms with Crippen molar-refractivity contribution in [1.29, 1.82) is 0 Å². The largest absolute Gasteiger partial charge is 0.387 e. The number of pyridine rings is 1. The number of ether oxygens (including phenoxy) is 1. The van der Waals surface area contributed by atoms with E-state index < -0.39 is 0 Å². The maximum atomic E-state index is 9.60. The number of fused-ring (bicyclic) bond motifs is 1. The highest BCUT2D eigenvalue weighted by molar-refractivity contribution is 5.30. The smallest absolute Gasteiger partial charge is 0.0965 e. The number of aliphatic hydroxyl groups is 1. The minimum absolute atomic E-state index is 0.340. The van der Waals surface area contributed by atoms with Crippen LogP contribution in [0.25, 0.3) is 0 Å². The van der Waals surface area contributed by atoms with Gasteiger partial charge in [-0.25, -0.2) is 0 Å². The quantitative estimate of drug-likeness (QED) is 0.763. The zero-order chi connectivity index (χ0) is 10.7. The third kappa shape index (κ3) is 2.36. The van der Waals surface area contributed by atoms with Crippen LogP contribution in [0, 0.1) is 0 Å². The summed E-state index contributed by atoms with van der Waals surface area (Å²) in [5.74, 6) is 0. The average molecular weight is 207 g/mol. The van der Waals surface area contributed by atoms with E-state index in [9.17, 15) is 5.11 Å². The van der Waals surface area contributed by atoms with Crippen LogP contribution in [0.1, 0.15) is 35.8 Å². The van der Waals surface area contributed by atoms with Crippen molar-refractivity contribution in [2.75, 3.05) is 13.7 Å². The van der Waals surface area contributed by atoms with Crippen molar-refractivity contribution in [1.82, 2.24) is 4.98 Å². The van der Waals surface area contributed by atoms with E-state index in [4.69, 9.17) is 4.74 Å². The Morgan fingerprint density at radius 3 is 3.27 bits per heavy atom. The summed E-state index contributed by atoms with van der Waals surface area (Å²) in [4.78, 5) is 4.33. The van der Waals surface area contributed by atoms with E-state index in [1.54, 1.807) is 7.11 Å². The second kappa shape index (κ2) is 4.73. The number of rotatable bonds is 4. The first-order valence-electron chi connectivity index (χ1n) is 5.46. The molecule has 1 aromatic heterocycles. The Morgan fingerprint density at radius 2 is 2.47 bits per heavy atom. The van der Waals surface area contributed by atoms with Gasteiger partial charge >= 0.3 is 0 Å². The highest BCUT2D eigenvalue weighted by Gasteiger charge is 2.21. The van der Waals surface area contributed by atoms with Crippen molar-refractivity contribution in [3.8, 4) is 0 Å². The van der Waals surface area contributed by atoms with Gasteiger partial charge in [0.1, 0.15) is 0 Å². The molecule has 0 aliphatic heterocycles. The summed E-state index contributed by atoms with van der Waals surface area (Å²) >= 11 is 0. The van der Waals surface area contributed by atoms with E-state index in [0.29, 0.717) is 0 Å². The van der Waals surface area contributed by atoms with Crippen molar-refractivity contribution in [2.24, 2.45) is 0 Å². The zero-order valence-electron chi connectivity index (χ0n) is 9.07. The maximum absolute atomic E-state index is 9.60. The van der Waals surface area contributed by atoms with Gasteiger partial charge in [-0.2, -0.15) is 0 Å². The second-order valence-electron chi connectivity index (χ2n) is 4.04. The van der Waals surface area contributed by atoms with E-state index in [-0.39, 0.29) is 6.10 Å². The van der Waals surface area contributed by atoms with E-state index in [1.165, 1.54) is 11.1 Å². The molecule has 0 spiro atoms. The lowest BCUT2D eigenvalue weighted by molar-refractivity contribution is 0.176. The normalized spacial score (nSPS) is 19.2. The Morgan fingerprint density at radius 1 is 1.60 bits per heavy atom. The van der Waals surface area contributed by atoms with Crippen molar-refractivity contribution < 1.29 is 9.84 Å². The second-order valence-corrected chi connectivity index (χ2v) is 4.04. The molecule has 1 unspecified atom stereocenters. The lowest BCUT2D eigenvalue weighted by atomic mass is 10.1. The Bertz CT molecular complexity index is 338. The summed E-state index contributed by atoms with van der Waals surface area (Å²) in [6.45, 7) is 0.791. The van der Waals surface area contributed by atoms with E-state index in [1.807, 2.05) is 6.20 Å². The molecule has 0 aromatic carbocycles. The molecule has 1 aliphatic carbocycles. The standard InChI is InChI=1S/C12H17NO2/c1-15-6-2-3-9-7-10-4-5-11(14)12(10)13-8-9/h7-8,11,14H,2-6H2,1H3. The van der Waals surface area contributed by atoms with Crippen molar-refractivity contribution >= 4 is 0 Å². The fraction of sp³-hybridized carbons (Fsp3) is 0.583. The van der Waals surface area contributed by atoms with Gasteiger partial charge in [-0.3, -0.25) is 4.98 Å². The van der Waals surface area contributed by atoms with Crippen molar-refractivity contribution in [2.45, 2.75) is 31.8 Å². The highest BCUT2D eigenvalue weighted by atomic mass is 16.5. The van der Waals surface area contributed by atoms with Crippen LogP contribution >= 0.6 is 0 Å². The lowest BCUT2D eigenvalue weighted by Gasteiger charge is -2.05. The molecule has 1 aromatic rings. The Balaban J connectivity index is 2.03. The number of aromatic nitrogens is 1. The van der Waals surface area contributed by atoms with E-state index >= 15 is 0 Å². The first-order valence-corrected chi connectivity index (χ1v) is 5.46. The van der Waals surface area contributed by atoms with Crippen LogP contribution in [0.4, 0.5) is 0 Å². The minimum Gasteiger partial charge on any atom is -0.387 e. The fourth-order valence-electron chi connectivity index (χ4n) is 2.06. The number of aryl methyl sites for hydroxylation is 2. The maximum Gasteiger partial charge on any atom is 0.0965 e.